The number of benzene rings is 1. The molecule has 2 aliphatic heterocycles. The number of hydrogen-bond acceptors (Lipinski definition) is 6. The van der Waals surface area contributed by atoms with Crippen LogP contribution in [0.5, 0.6) is 0 Å². The van der Waals surface area contributed by atoms with Gasteiger partial charge in [-0.25, -0.2) is 0 Å². The second kappa shape index (κ2) is 13.0. The van der Waals surface area contributed by atoms with E-state index in [-0.39, 0.29) is 30.4 Å². The molecule has 3 rings (SSSR count). The fourth-order valence-corrected chi connectivity index (χ4v) is 4.91. The number of carbonyl (C=O) groups excluding carboxylic acids is 5. The number of aliphatic hydroxyl groups is 1. The largest absolute Gasteiger partial charge is 0.386 e. The zero-order valence-corrected chi connectivity index (χ0v) is 22.5. The van der Waals surface area contributed by atoms with Crippen LogP contribution in [0.25, 0.3) is 0 Å². The molecule has 208 valence electrons. The number of aliphatic hydroxyl groups excluding tert-OH is 1. The van der Waals surface area contributed by atoms with E-state index in [0.717, 1.165) is 5.56 Å². The molecular weight excluding hydrogens is 488 g/mol. The molecule has 2 unspecified atom stereocenters. The lowest BCUT2D eigenvalue weighted by Gasteiger charge is -2.34. The molecule has 2 saturated heterocycles. The lowest BCUT2D eigenvalue weighted by molar-refractivity contribution is -0.144. The van der Waals surface area contributed by atoms with Crippen molar-refractivity contribution >= 4 is 29.4 Å². The highest BCUT2D eigenvalue weighted by atomic mass is 16.3. The first-order valence-electron chi connectivity index (χ1n) is 13.5. The van der Waals surface area contributed by atoms with Gasteiger partial charge in [-0.05, 0) is 52.0 Å². The summed E-state index contributed by atoms with van der Waals surface area (Å²) in [6.07, 6.45) is 2.72. The predicted octanol–water partition coefficient (Wildman–Crippen LogP) is 0.999. The van der Waals surface area contributed by atoms with Crippen molar-refractivity contribution in [1.82, 2.24) is 20.9 Å². The average molecular weight is 529 g/mol. The topological polar surface area (TPSA) is 145 Å². The molecule has 2 aliphatic rings. The molecule has 0 spiro atoms. The number of ketones is 1. The molecule has 0 bridgehead atoms. The molecule has 0 aliphatic carbocycles. The highest BCUT2D eigenvalue weighted by molar-refractivity contribution is 5.99. The Kier molecular flexibility index (Phi) is 10.0. The fourth-order valence-electron chi connectivity index (χ4n) is 4.91. The lowest BCUT2D eigenvalue weighted by atomic mass is 9.98. The van der Waals surface area contributed by atoms with E-state index in [1.807, 2.05) is 30.3 Å². The lowest BCUT2D eigenvalue weighted by Crippen LogP contribution is -2.64. The zero-order chi connectivity index (χ0) is 27.9. The molecule has 0 saturated carbocycles. The van der Waals surface area contributed by atoms with Crippen LogP contribution in [0.4, 0.5) is 0 Å². The Balaban J connectivity index is 1.78. The molecule has 0 aromatic heterocycles. The first-order chi connectivity index (χ1) is 18.0. The molecule has 0 radical (unpaired) electrons. The fraction of sp³-hybridized carbons (Fsp3) is 0.607. The summed E-state index contributed by atoms with van der Waals surface area (Å²) in [5.74, 6) is -1.90. The summed E-state index contributed by atoms with van der Waals surface area (Å²) >= 11 is 0. The van der Waals surface area contributed by atoms with Crippen molar-refractivity contribution in [2.45, 2.75) is 102 Å². The molecule has 1 aromatic rings. The quantitative estimate of drug-likeness (QED) is 0.352. The van der Waals surface area contributed by atoms with Crippen LogP contribution < -0.4 is 16.0 Å². The smallest absolute Gasteiger partial charge is 0.246 e. The normalized spacial score (nSPS) is 24.8. The molecule has 2 fully saturated rings. The number of amides is 4. The number of nitrogens with one attached hydrogen (secondary N) is 3. The Hall–Kier alpha value is -3.27. The number of carbonyl (C=O) groups is 5. The summed E-state index contributed by atoms with van der Waals surface area (Å²) < 4.78 is 0. The first-order valence-corrected chi connectivity index (χ1v) is 13.5. The average Bonchev–Trinajstić information content (AvgIpc) is 3.36. The van der Waals surface area contributed by atoms with E-state index in [0.29, 0.717) is 45.1 Å². The van der Waals surface area contributed by atoms with Crippen LogP contribution in [-0.2, 0) is 30.4 Å². The highest BCUT2D eigenvalue weighted by Gasteiger charge is 2.42. The maximum atomic E-state index is 13.6. The summed E-state index contributed by atoms with van der Waals surface area (Å²) in [7, 11) is 0. The monoisotopic (exact) mass is 528 g/mol. The van der Waals surface area contributed by atoms with Crippen LogP contribution in [0.1, 0.15) is 71.3 Å². The summed E-state index contributed by atoms with van der Waals surface area (Å²) in [5.41, 5.74) is -0.460. The molecule has 38 heavy (non-hydrogen) atoms. The van der Waals surface area contributed by atoms with Gasteiger partial charge in [0.1, 0.15) is 29.8 Å². The maximum Gasteiger partial charge on any atom is 0.246 e. The van der Waals surface area contributed by atoms with E-state index < -0.39 is 41.6 Å². The van der Waals surface area contributed by atoms with Crippen molar-refractivity contribution in [2.24, 2.45) is 0 Å². The minimum absolute atomic E-state index is 0.230. The van der Waals surface area contributed by atoms with Crippen molar-refractivity contribution in [3.8, 4) is 0 Å². The van der Waals surface area contributed by atoms with Crippen molar-refractivity contribution < 1.29 is 29.1 Å². The Morgan fingerprint density at radius 3 is 2.42 bits per heavy atom. The van der Waals surface area contributed by atoms with E-state index in [9.17, 15) is 29.1 Å². The number of fused-ring (bicyclic) bond motifs is 1. The Labute approximate surface area is 223 Å². The highest BCUT2D eigenvalue weighted by Crippen LogP contribution is 2.21. The number of rotatable bonds is 9. The molecule has 4 amide bonds. The molecule has 2 heterocycles. The van der Waals surface area contributed by atoms with Gasteiger partial charge in [-0.3, -0.25) is 24.0 Å². The Bertz CT molecular complexity index is 1030. The van der Waals surface area contributed by atoms with Gasteiger partial charge in [0.2, 0.25) is 23.6 Å². The number of Topliss-reactive ketones (excluding diaryl/α,β-unsaturated/α-hetero) is 1. The maximum absolute atomic E-state index is 13.6. The van der Waals surface area contributed by atoms with E-state index in [4.69, 9.17) is 0 Å². The third-order valence-corrected chi connectivity index (χ3v) is 7.24. The van der Waals surface area contributed by atoms with Crippen LogP contribution in [0.15, 0.2) is 30.3 Å². The van der Waals surface area contributed by atoms with Gasteiger partial charge in [-0.1, -0.05) is 43.2 Å². The Morgan fingerprint density at radius 2 is 1.74 bits per heavy atom. The van der Waals surface area contributed by atoms with Gasteiger partial charge in [0, 0.05) is 19.4 Å². The summed E-state index contributed by atoms with van der Waals surface area (Å²) in [6, 6.07) is 6.85. The predicted molar refractivity (Wildman–Crippen MR) is 141 cm³/mol. The molecule has 10 nitrogen and oxygen atoms in total. The van der Waals surface area contributed by atoms with Gasteiger partial charge in [0.25, 0.3) is 0 Å². The summed E-state index contributed by atoms with van der Waals surface area (Å²) in [6.45, 7) is 4.96. The van der Waals surface area contributed by atoms with Crippen LogP contribution in [0.3, 0.4) is 0 Å². The van der Waals surface area contributed by atoms with Crippen LogP contribution in [0, 0.1) is 0 Å². The van der Waals surface area contributed by atoms with Crippen molar-refractivity contribution in [3.63, 3.8) is 0 Å². The van der Waals surface area contributed by atoms with Gasteiger partial charge in [-0.15, -0.1) is 0 Å². The number of unbranched alkanes of at least 4 members (excludes halogenated alkanes) is 2. The van der Waals surface area contributed by atoms with Crippen LogP contribution in [-0.4, -0.2) is 75.7 Å². The van der Waals surface area contributed by atoms with Gasteiger partial charge < -0.3 is 26.0 Å². The molecule has 4 N–H and O–H groups in total. The number of hydrogen-bond donors (Lipinski definition) is 4. The summed E-state index contributed by atoms with van der Waals surface area (Å²) in [4.78, 5) is 66.7. The van der Waals surface area contributed by atoms with E-state index in [1.165, 1.54) is 11.8 Å². The molecule has 4 atom stereocenters. The third-order valence-electron chi connectivity index (χ3n) is 7.24. The SMILES string of the molecule is C[C@H](O)C(=O)CCCCCC1NC(=O)[C@H]2CCCN2C(=O)C(Cc2ccccc2)NC(=O)C(C)(C)NC1=O. The molecule has 10 heteroatoms. The Morgan fingerprint density at radius 1 is 1.03 bits per heavy atom. The zero-order valence-electron chi connectivity index (χ0n) is 22.5. The van der Waals surface area contributed by atoms with E-state index in [1.54, 1.807) is 13.8 Å². The first kappa shape index (κ1) is 29.3. The number of nitrogens with zero attached hydrogens (tertiary/aromatic N) is 1. The standard InChI is InChI=1S/C28H40N4O6/c1-18(33)23(34)15-9-5-8-13-20-24(35)31-28(2,3)27(38)30-21(17-19-11-6-4-7-12-19)26(37)32-16-10-14-22(32)25(36)29-20/h4,6-7,11-12,18,20-22,33H,5,8-10,13-17H2,1-3H3,(H,29,36)(H,30,38)(H,31,35)/t18-,20?,21?,22+/m0/s1. The summed E-state index contributed by atoms with van der Waals surface area (Å²) in [5, 5.41) is 17.8. The van der Waals surface area contributed by atoms with Gasteiger partial charge in [-0.2, -0.15) is 0 Å². The van der Waals surface area contributed by atoms with Gasteiger partial charge >= 0.3 is 0 Å². The van der Waals surface area contributed by atoms with Crippen molar-refractivity contribution in [2.75, 3.05) is 6.54 Å². The third kappa shape index (κ3) is 7.63. The second-order valence-corrected chi connectivity index (χ2v) is 10.8. The van der Waals surface area contributed by atoms with E-state index >= 15 is 0 Å². The van der Waals surface area contributed by atoms with Crippen molar-refractivity contribution in [3.05, 3.63) is 35.9 Å². The van der Waals surface area contributed by atoms with Gasteiger partial charge in [0.05, 0.1) is 0 Å². The van der Waals surface area contributed by atoms with Gasteiger partial charge in [0.15, 0.2) is 5.78 Å². The second-order valence-electron chi connectivity index (χ2n) is 10.8. The van der Waals surface area contributed by atoms with Crippen LogP contribution in [0.2, 0.25) is 0 Å². The molecule has 1 aromatic carbocycles. The minimum atomic E-state index is -1.33. The molecular formula is C28H40N4O6. The van der Waals surface area contributed by atoms with Crippen LogP contribution >= 0.6 is 0 Å². The van der Waals surface area contributed by atoms with E-state index in [2.05, 4.69) is 16.0 Å². The minimum Gasteiger partial charge on any atom is -0.386 e. The van der Waals surface area contributed by atoms with Crippen molar-refractivity contribution in [1.29, 1.82) is 0 Å².